The van der Waals surface area contributed by atoms with Gasteiger partial charge in [0, 0.05) is 12.5 Å². The smallest absolute Gasteiger partial charge is 0.241 e. The number of hydrogen-bond donors (Lipinski definition) is 2. The fourth-order valence-electron chi connectivity index (χ4n) is 2.98. The van der Waals surface area contributed by atoms with Crippen molar-refractivity contribution in [1.29, 1.82) is 0 Å². The highest BCUT2D eigenvalue weighted by molar-refractivity contribution is 7.89. The molecule has 0 saturated heterocycles. The van der Waals surface area contributed by atoms with Crippen LogP contribution in [0.1, 0.15) is 30.5 Å². The van der Waals surface area contributed by atoms with Gasteiger partial charge >= 0.3 is 0 Å². The van der Waals surface area contributed by atoms with E-state index in [0.29, 0.717) is 17.1 Å². The van der Waals surface area contributed by atoms with Crippen molar-refractivity contribution in [2.24, 2.45) is 0 Å². The van der Waals surface area contributed by atoms with Crippen LogP contribution in [0.4, 0.5) is 5.69 Å². The lowest BCUT2D eigenvalue weighted by Gasteiger charge is -2.15. The van der Waals surface area contributed by atoms with E-state index in [2.05, 4.69) is 10.0 Å². The highest BCUT2D eigenvalue weighted by Crippen LogP contribution is 2.21. The Labute approximate surface area is 182 Å². The van der Waals surface area contributed by atoms with E-state index < -0.39 is 10.0 Å². The molecule has 1 atom stereocenters. The zero-order chi connectivity index (χ0) is 21.6. The van der Waals surface area contributed by atoms with Gasteiger partial charge in [0.15, 0.2) is 0 Å². The number of aryl methyl sites for hydroxylation is 1. The molecule has 0 aliphatic heterocycles. The fraction of sp³-hybridized carbons (Fsp3) is 0.174. The molecule has 0 radical (unpaired) electrons. The van der Waals surface area contributed by atoms with Crippen LogP contribution in [-0.2, 0) is 21.2 Å². The summed E-state index contributed by atoms with van der Waals surface area (Å²) >= 11 is 6.04. The molecule has 0 saturated carbocycles. The van der Waals surface area contributed by atoms with E-state index in [1.807, 2.05) is 30.3 Å². The molecule has 0 unspecified atom stereocenters. The normalized spacial score (nSPS) is 12.3. The van der Waals surface area contributed by atoms with Crippen molar-refractivity contribution in [2.75, 3.05) is 5.32 Å². The van der Waals surface area contributed by atoms with Gasteiger partial charge in [-0.25, -0.2) is 13.1 Å². The number of hydrogen-bond acceptors (Lipinski definition) is 3. The molecule has 5 nitrogen and oxygen atoms in total. The topological polar surface area (TPSA) is 75.3 Å². The first-order valence-corrected chi connectivity index (χ1v) is 11.4. The molecule has 2 N–H and O–H groups in total. The maximum Gasteiger partial charge on any atom is 0.241 e. The van der Waals surface area contributed by atoms with Crippen LogP contribution in [0.5, 0.6) is 0 Å². The van der Waals surface area contributed by atoms with Crippen LogP contribution in [-0.4, -0.2) is 14.3 Å². The molecular weight excluding hydrogens is 420 g/mol. The Morgan fingerprint density at radius 1 is 0.933 bits per heavy atom. The highest BCUT2D eigenvalue weighted by atomic mass is 35.5. The van der Waals surface area contributed by atoms with Gasteiger partial charge in [-0.1, -0.05) is 66.2 Å². The zero-order valence-electron chi connectivity index (χ0n) is 16.5. The van der Waals surface area contributed by atoms with Gasteiger partial charge in [-0.15, -0.1) is 0 Å². The van der Waals surface area contributed by atoms with E-state index in [9.17, 15) is 13.2 Å². The predicted octanol–water partition coefficient (Wildman–Crippen LogP) is 4.95. The van der Waals surface area contributed by atoms with Gasteiger partial charge in [-0.2, -0.15) is 0 Å². The summed E-state index contributed by atoms with van der Waals surface area (Å²) in [4.78, 5) is 12.3. The lowest BCUT2D eigenvalue weighted by Crippen LogP contribution is -2.26. The minimum absolute atomic E-state index is 0.154. The Bertz CT molecular complexity index is 1100. The van der Waals surface area contributed by atoms with Crippen LogP contribution in [0.25, 0.3) is 0 Å². The molecule has 0 aromatic heterocycles. The zero-order valence-corrected chi connectivity index (χ0v) is 18.1. The summed E-state index contributed by atoms with van der Waals surface area (Å²) in [6.45, 7) is 1.80. The van der Waals surface area contributed by atoms with Crippen LogP contribution < -0.4 is 10.0 Å². The average molecular weight is 443 g/mol. The Morgan fingerprint density at radius 3 is 2.23 bits per heavy atom. The number of benzene rings is 3. The Balaban J connectivity index is 1.57. The second-order valence-corrected chi connectivity index (χ2v) is 9.05. The molecule has 0 aliphatic carbocycles. The number of rotatable bonds is 8. The van der Waals surface area contributed by atoms with Crippen LogP contribution in [0.3, 0.4) is 0 Å². The minimum Gasteiger partial charge on any atom is -0.325 e. The fourth-order valence-corrected chi connectivity index (χ4v) is 4.39. The SMILES string of the molecule is C[C@H](NS(=O)(=O)c1ccc(CCC(=O)Nc2ccccc2Cl)cc1)c1ccccc1. The van der Waals surface area contributed by atoms with Crippen LogP contribution >= 0.6 is 11.6 Å². The number of carbonyl (C=O) groups is 1. The number of sulfonamides is 1. The number of halogens is 1. The third kappa shape index (κ3) is 5.92. The third-order valence-electron chi connectivity index (χ3n) is 4.65. The van der Waals surface area contributed by atoms with Crippen LogP contribution in [0, 0.1) is 0 Å². The van der Waals surface area contributed by atoms with E-state index in [1.165, 1.54) is 0 Å². The molecule has 30 heavy (non-hydrogen) atoms. The summed E-state index contributed by atoms with van der Waals surface area (Å²) in [5, 5.41) is 3.26. The second kappa shape index (κ2) is 9.89. The average Bonchev–Trinajstić information content (AvgIpc) is 2.74. The second-order valence-electron chi connectivity index (χ2n) is 6.93. The van der Waals surface area contributed by atoms with Crippen LogP contribution in [0.15, 0.2) is 83.8 Å². The molecule has 7 heteroatoms. The number of nitrogens with one attached hydrogen (secondary N) is 2. The summed E-state index contributed by atoms with van der Waals surface area (Å²) in [5.41, 5.74) is 2.34. The number of anilines is 1. The largest absolute Gasteiger partial charge is 0.325 e. The molecule has 156 valence electrons. The maximum atomic E-state index is 12.6. The van der Waals surface area contributed by atoms with Gasteiger partial charge in [0.1, 0.15) is 0 Å². The summed E-state index contributed by atoms with van der Waals surface area (Å²) in [6, 6.07) is 22.7. The molecule has 0 heterocycles. The predicted molar refractivity (Wildman–Crippen MR) is 120 cm³/mol. The molecule has 0 bridgehead atoms. The van der Waals surface area contributed by atoms with Crippen molar-refractivity contribution >= 4 is 33.2 Å². The van der Waals surface area contributed by atoms with E-state index >= 15 is 0 Å². The first kappa shape index (κ1) is 22.0. The molecule has 1 amide bonds. The van der Waals surface area contributed by atoms with Crippen molar-refractivity contribution < 1.29 is 13.2 Å². The summed E-state index contributed by atoms with van der Waals surface area (Å²) < 4.78 is 28.0. The van der Waals surface area contributed by atoms with Crippen LogP contribution in [0.2, 0.25) is 5.02 Å². The van der Waals surface area contributed by atoms with E-state index in [1.54, 1.807) is 55.5 Å². The molecular formula is C23H23ClN2O3S. The summed E-state index contributed by atoms with van der Waals surface area (Å²) in [7, 11) is -3.65. The summed E-state index contributed by atoms with van der Waals surface area (Å²) in [6.07, 6.45) is 0.755. The van der Waals surface area contributed by atoms with Crippen molar-refractivity contribution in [3.8, 4) is 0 Å². The molecule has 3 aromatic rings. The molecule has 0 aliphatic rings. The molecule has 0 spiro atoms. The number of carbonyl (C=O) groups excluding carboxylic acids is 1. The molecule has 3 rings (SSSR count). The quantitative estimate of drug-likeness (QED) is 0.518. The van der Waals surface area contributed by atoms with Crippen molar-refractivity contribution in [3.63, 3.8) is 0 Å². The standard InChI is InChI=1S/C23H23ClN2O3S/c1-17(19-7-3-2-4-8-19)26-30(28,29)20-14-11-18(12-15-20)13-16-23(27)25-22-10-6-5-9-21(22)24/h2-12,14-15,17,26H,13,16H2,1H3,(H,25,27)/t17-/m0/s1. The van der Waals surface area contributed by atoms with E-state index in [4.69, 9.17) is 11.6 Å². The first-order valence-electron chi connectivity index (χ1n) is 9.56. The molecule has 0 fully saturated rings. The number of para-hydroxylation sites is 1. The monoisotopic (exact) mass is 442 g/mol. The van der Waals surface area contributed by atoms with Crippen molar-refractivity contribution in [2.45, 2.75) is 30.7 Å². The van der Waals surface area contributed by atoms with Gasteiger partial charge in [0.25, 0.3) is 0 Å². The van der Waals surface area contributed by atoms with Gasteiger partial charge in [-0.05, 0) is 48.7 Å². The van der Waals surface area contributed by atoms with Gasteiger partial charge in [0.2, 0.25) is 15.9 Å². The number of amides is 1. The Hall–Kier alpha value is -2.67. The van der Waals surface area contributed by atoms with Gasteiger partial charge in [-0.3, -0.25) is 4.79 Å². The van der Waals surface area contributed by atoms with Gasteiger partial charge in [0.05, 0.1) is 15.6 Å². The third-order valence-corrected chi connectivity index (χ3v) is 6.54. The minimum atomic E-state index is -3.65. The van der Waals surface area contributed by atoms with Crippen molar-refractivity contribution in [1.82, 2.24) is 4.72 Å². The van der Waals surface area contributed by atoms with Gasteiger partial charge < -0.3 is 5.32 Å². The van der Waals surface area contributed by atoms with Crippen molar-refractivity contribution in [3.05, 3.63) is 95.0 Å². The first-order chi connectivity index (χ1) is 14.3. The Kier molecular flexibility index (Phi) is 7.26. The lowest BCUT2D eigenvalue weighted by molar-refractivity contribution is -0.116. The highest BCUT2D eigenvalue weighted by Gasteiger charge is 2.18. The molecule has 3 aromatic carbocycles. The lowest BCUT2D eigenvalue weighted by atomic mass is 10.1. The Morgan fingerprint density at radius 2 is 1.57 bits per heavy atom. The van der Waals surface area contributed by atoms with E-state index in [0.717, 1.165) is 11.1 Å². The summed E-state index contributed by atoms with van der Waals surface area (Å²) in [5.74, 6) is -0.154. The van der Waals surface area contributed by atoms with E-state index in [-0.39, 0.29) is 23.3 Å². The maximum absolute atomic E-state index is 12.6.